The highest BCUT2D eigenvalue weighted by Crippen LogP contribution is 2.21. The quantitative estimate of drug-likeness (QED) is 0.838. The van der Waals surface area contributed by atoms with Gasteiger partial charge in [0.15, 0.2) is 0 Å². The van der Waals surface area contributed by atoms with Crippen molar-refractivity contribution >= 4 is 11.8 Å². The highest BCUT2D eigenvalue weighted by Gasteiger charge is 2.33. The van der Waals surface area contributed by atoms with Gasteiger partial charge in [-0.3, -0.25) is 9.59 Å². The monoisotopic (exact) mass is 334 g/mol. The molecule has 3 rings (SSSR count). The summed E-state index contributed by atoms with van der Waals surface area (Å²) >= 11 is 0. The third-order valence-electron chi connectivity index (χ3n) is 4.73. The first-order chi connectivity index (χ1) is 11.6. The SMILES string of the molecule is O=C1CC[C@@H](C(=O)N2CCOCC2)CN1CCc1cccc(F)c1. The van der Waals surface area contributed by atoms with Crippen molar-refractivity contribution in [2.24, 2.45) is 5.92 Å². The molecule has 2 heterocycles. The van der Waals surface area contributed by atoms with Gasteiger partial charge in [-0.2, -0.15) is 0 Å². The highest BCUT2D eigenvalue weighted by atomic mass is 19.1. The second-order valence-electron chi connectivity index (χ2n) is 6.39. The topological polar surface area (TPSA) is 49.9 Å². The van der Waals surface area contributed by atoms with Crippen molar-refractivity contribution < 1.29 is 18.7 Å². The van der Waals surface area contributed by atoms with Crippen LogP contribution in [0.4, 0.5) is 4.39 Å². The first-order valence-electron chi connectivity index (χ1n) is 8.52. The van der Waals surface area contributed by atoms with Crippen LogP contribution >= 0.6 is 0 Å². The Balaban J connectivity index is 1.56. The van der Waals surface area contributed by atoms with Gasteiger partial charge in [-0.25, -0.2) is 4.39 Å². The van der Waals surface area contributed by atoms with Gasteiger partial charge in [0.25, 0.3) is 0 Å². The fourth-order valence-corrected chi connectivity index (χ4v) is 3.33. The van der Waals surface area contributed by atoms with Crippen LogP contribution in [0.5, 0.6) is 0 Å². The number of ether oxygens (including phenoxy) is 1. The van der Waals surface area contributed by atoms with Crippen molar-refractivity contribution in [3.8, 4) is 0 Å². The molecular formula is C18H23FN2O3. The van der Waals surface area contributed by atoms with Gasteiger partial charge in [0.1, 0.15) is 5.82 Å². The van der Waals surface area contributed by atoms with E-state index < -0.39 is 0 Å². The van der Waals surface area contributed by atoms with Crippen molar-refractivity contribution in [3.05, 3.63) is 35.6 Å². The molecule has 1 aromatic carbocycles. The average Bonchev–Trinajstić information content (AvgIpc) is 2.61. The summed E-state index contributed by atoms with van der Waals surface area (Å²) in [5, 5.41) is 0. The molecule has 24 heavy (non-hydrogen) atoms. The maximum absolute atomic E-state index is 13.2. The largest absolute Gasteiger partial charge is 0.378 e. The lowest BCUT2D eigenvalue weighted by Crippen LogP contribution is -2.50. The number of likely N-dealkylation sites (tertiary alicyclic amines) is 1. The predicted molar refractivity (Wildman–Crippen MR) is 86.8 cm³/mol. The summed E-state index contributed by atoms with van der Waals surface area (Å²) in [6.45, 7) is 3.42. The third-order valence-corrected chi connectivity index (χ3v) is 4.73. The first kappa shape index (κ1) is 16.9. The maximum Gasteiger partial charge on any atom is 0.227 e. The van der Waals surface area contributed by atoms with E-state index in [1.165, 1.54) is 12.1 Å². The maximum atomic E-state index is 13.2. The number of hydrogen-bond donors (Lipinski definition) is 0. The van der Waals surface area contributed by atoms with E-state index in [2.05, 4.69) is 0 Å². The van der Waals surface area contributed by atoms with Gasteiger partial charge in [0.2, 0.25) is 11.8 Å². The van der Waals surface area contributed by atoms with E-state index in [4.69, 9.17) is 4.74 Å². The van der Waals surface area contributed by atoms with Gasteiger partial charge in [-0.15, -0.1) is 0 Å². The molecule has 130 valence electrons. The zero-order valence-electron chi connectivity index (χ0n) is 13.7. The predicted octanol–water partition coefficient (Wildman–Crippen LogP) is 1.47. The zero-order chi connectivity index (χ0) is 16.9. The molecule has 1 atom stereocenters. The van der Waals surface area contributed by atoms with E-state index >= 15 is 0 Å². The summed E-state index contributed by atoms with van der Waals surface area (Å²) < 4.78 is 18.5. The van der Waals surface area contributed by atoms with Crippen molar-refractivity contribution in [2.75, 3.05) is 39.4 Å². The number of rotatable bonds is 4. The molecule has 2 fully saturated rings. The van der Waals surface area contributed by atoms with Gasteiger partial charge >= 0.3 is 0 Å². The Hall–Kier alpha value is -1.95. The summed E-state index contributed by atoms with van der Waals surface area (Å²) in [4.78, 5) is 28.3. The van der Waals surface area contributed by atoms with E-state index in [1.54, 1.807) is 11.0 Å². The van der Waals surface area contributed by atoms with E-state index in [1.807, 2.05) is 11.0 Å². The van der Waals surface area contributed by atoms with Crippen LogP contribution in [0.3, 0.4) is 0 Å². The smallest absolute Gasteiger partial charge is 0.227 e. The fourth-order valence-electron chi connectivity index (χ4n) is 3.33. The van der Waals surface area contributed by atoms with Crippen LogP contribution < -0.4 is 0 Å². The Kier molecular flexibility index (Phi) is 5.45. The van der Waals surface area contributed by atoms with Crippen molar-refractivity contribution in [1.29, 1.82) is 0 Å². The van der Waals surface area contributed by atoms with Crippen molar-refractivity contribution in [2.45, 2.75) is 19.3 Å². The van der Waals surface area contributed by atoms with Crippen LogP contribution in [0.25, 0.3) is 0 Å². The minimum absolute atomic E-state index is 0.0810. The third kappa shape index (κ3) is 4.12. The molecule has 0 saturated carbocycles. The molecule has 2 saturated heterocycles. The van der Waals surface area contributed by atoms with Crippen LogP contribution in [0.15, 0.2) is 24.3 Å². The van der Waals surface area contributed by atoms with Gasteiger partial charge in [0.05, 0.1) is 19.1 Å². The van der Waals surface area contributed by atoms with Crippen LogP contribution in [0, 0.1) is 11.7 Å². The van der Waals surface area contributed by atoms with Crippen LogP contribution in [-0.4, -0.2) is 61.0 Å². The molecule has 6 heteroatoms. The minimum Gasteiger partial charge on any atom is -0.378 e. The Labute approximate surface area is 141 Å². The number of carbonyl (C=O) groups excluding carboxylic acids is 2. The normalized spacial score (nSPS) is 21.9. The van der Waals surface area contributed by atoms with E-state index in [0.717, 1.165) is 5.56 Å². The van der Waals surface area contributed by atoms with Crippen LogP contribution in [0.1, 0.15) is 18.4 Å². The summed E-state index contributed by atoms with van der Waals surface area (Å²) in [6.07, 6.45) is 1.62. The molecule has 0 spiro atoms. The number of halogens is 1. The number of piperidine rings is 1. The number of carbonyl (C=O) groups is 2. The number of benzene rings is 1. The van der Waals surface area contributed by atoms with Gasteiger partial charge in [-0.1, -0.05) is 12.1 Å². The minimum atomic E-state index is -0.266. The summed E-state index contributed by atoms with van der Waals surface area (Å²) in [6, 6.07) is 6.43. The molecule has 1 aromatic rings. The lowest BCUT2D eigenvalue weighted by molar-refractivity contribution is -0.145. The van der Waals surface area contributed by atoms with Gasteiger partial charge in [0, 0.05) is 32.6 Å². The molecule has 0 bridgehead atoms. The Morgan fingerprint density at radius 3 is 2.83 bits per heavy atom. The van der Waals surface area contributed by atoms with Crippen LogP contribution in [-0.2, 0) is 20.7 Å². The average molecular weight is 334 g/mol. The van der Waals surface area contributed by atoms with Gasteiger partial charge < -0.3 is 14.5 Å². The fraction of sp³-hybridized carbons (Fsp3) is 0.556. The second-order valence-corrected chi connectivity index (χ2v) is 6.39. The molecule has 2 amide bonds. The molecule has 0 aliphatic carbocycles. The molecule has 2 aliphatic heterocycles. The van der Waals surface area contributed by atoms with E-state index in [9.17, 15) is 14.0 Å². The van der Waals surface area contributed by atoms with E-state index in [0.29, 0.717) is 58.7 Å². The second kappa shape index (κ2) is 7.75. The van der Waals surface area contributed by atoms with Crippen molar-refractivity contribution in [1.82, 2.24) is 9.80 Å². The van der Waals surface area contributed by atoms with Crippen LogP contribution in [0.2, 0.25) is 0 Å². The van der Waals surface area contributed by atoms with Gasteiger partial charge in [-0.05, 0) is 30.5 Å². The molecule has 0 N–H and O–H groups in total. The molecule has 0 unspecified atom stereocenters. The standard InChI is InChI=1S/C18H23FN2O3/c19-16-3-1-2-14(12-16)6-7-21-13-15(4-5-17(21)22)18(23)20-8-10-24-11-9-20/h1-3,12,15H,4-11,13H2/t15-/m1/s1. The number of hydrogen-bond acceptors (Lipinski definition) is 3. The van der Waals surface area contributed by atoms with Crippen molar-refractivity contribution in [3.63, 3.8) is 0 Å². The summed E-state index contributed by atoms with van der Waals surface area (Å²) in [5.41, 5.74) is 0.865. The highest BCUT2D eigenvalue weighted by molar-refractivity contribution is 5.84. The lowest BCUT2D eigenvalue weighted by atomic mass is 9.95. The summed E-state index contributed by atoms with van der Waals surface area (Å²) in [7, 11) is 0. The Morgan fingerprint density at radius 1 is 1.29 bits per heavy atom. The number of nitrogens with zero attached hydrogens (tertiary/aromatic N) is 2. The molecular weight excluding hydrogens is 311 g/mol. The number of amides is 2. The Morgan fingerprint density at radius 2 is 2.08 bits per heavy atom. The molecule has 5 nitrogen and oxygen atoms in total. The Bertz CT molecular complexity index is 602. The molecule has 0 aromatic heterocycles. The van der Waals surface area contributed by atoms with E-state index in [-0.39, 0.29) is 23.5 Å². The molecule has 0 radical (unpaired) electrons. The summed E-state index contributed by atoms with van der Waals surface area (Å²) in [5.74, 6) is -0.190. The lowest BCUT2D eigenvalue weighted by Gasteiger charge is -2.36. The molecule has 2 aliphatic rings. The number of morpholine rings is 1. The first-order valence-corrected chi connectivity index (χ1v) is 8.52. The zero-order valence-corrected chi connectivity index (χ0v) is 13.7.